The van der Waals surface area contributed by atoms with Crippen molar-refractivity contribution >= 4 is 11.5 Å². The van der Waals surface area contributed by atoms with Gasteiger partial charge in [0.2, 0.25) is 0 Å². The topological polar surface area (TPSA) is 44.0 Å². The van der Waals surface area contributed by atoms with Crippen LogP contribution in [0.3, 0.4) is 0 Å². The number of benzene rings is 1. The molecule has 1 aromatic carbocycles. The Morgan fingerprint density at radius 1 is 1.18 bits per heavy atom. The first-order valence-corrected chi connectivity index (χ1v) is 5.90. The highest BCUT2D eigenvalue weighted by Crippen LogP contribution is 1.99. The van der Waals surface area contributed by atoms with Gasteiger partial charge in [-0.25, -0.2) is 17.7 Å². The first-order chi connectivity index (χ1) is 8.22. The SMILES string of the molecule is O=c1sn(CCF)c(=O)n1Cc1ccccc1. The zero-order chi connectivity index (χ0) is 12.3. The fraction of sp³-hybridized carbons (Fsp3) is 0.273. The standard InChI is InChI=1S/C11H11FN2O2S/c12-6-7-14-10(15)13(11(16)17-14)8-9-4-2-1-3-5-9/h1-5H,6-8H2. The summed E-state index contributed by atoms with van der Waals surface area (Å²) in [6.07, 6.45) is 0. The van der Waals surface area contributed by atoms with Gasteiger partial charge >= 0.3 is 10.6 Å². The molecule has 0 N–H and O–H groups in total. The molecule has 2 rings (SSSR count). The summed E-state index contributed by atoms with van der Waals surface area (Å²) < 4.78 is 14.4. The van der Waals surface area contributed by atoms with E-state index in [-0.39, 0.29) is 18.0 Å². The van der Waals surface area contributed by atoms with E-state index in [9.17, 15) is 14.0 Å². The van der Waals surface area contributed by atoms with E-state index in [4.69, 9.17) is 0 Å². The smallest absolute Gasteiger partial charge is 0.255 e. The number of aryl methyl sites for hydroxylation is 1. The minimum atomic E-state index is -0.648. The van der Waals surface area contributed by atoms with Gasteiger partial charge in [-0.3, -0.25) is 4.79 Å². The van der Waals surface area contributed by atoms with Crippen LogP contribution >= 0.6 is 11.5 Å². The van der Waals surface area contributed by atoms with Gasteiger partial charge in [0.25, 0.3) is 0 Å². The summed E-state index contributed by atoms with van der Waals surface area (Å²) in [6, 6.07) is 9.22. The third-order valence-corrected chi connectivity index (χ3v) is 3.26. The molecule has 90 valence electrons. The van der Waals surface area contributed by atoms with Crippen molar-refractivity contribution in [2.45, 2.75) is 13.1 Å². The van der Waals surface area contributed by atoms with Gasteiger partial charge in [-0.15, -0.1) is 0 Å². The molecule has 0 saturated heterocycles. The Bertz CT molecular complexity index is 600. The highest BCUT2D eigenvalue weighted by Gasteiger charge is 2.09. The van der Waals surface area contributed by atoms with Gasteiger partial charge in [0.1, 0.15) is 6.67 Å². The van der Waals surface area contributed by atoms with Crippen LogP contribution in [0.4, 0.5) is 4.39 Å². The van der Waals surface area contributed by atoms with E-state index >= 15 is 0 Å². The lowest BCUT2D eigenvalue weighted by molar-refractivity contribution is 0.448. The number of hydrogen-bond donors (Lipinski definition) is 0. The molecule has 0 fully saturated rings. The van der Waals surface area contributed by atoms with Crippen LogP contribution in [0, 0.1) is 0 Å². The zero-order valence-electron chi connectivity index (χ0n) is 9.01. The molecule has 0 saturated carbocycles. The molecule has 17 heavy (non-hydrogen) atoms. The molecule has 2 aromatic rings. The Balaban J connectivity index is 2.34. The van der Waals surface area contributed by atoms with Crippen LogP contribution in [0.5, 0.6) is 0 Å². The van der Waals surface area contributed by atoms with E-state index in [0.29, 0.717) is 0 Å². The maximum atomic E-state index is 12.2. The molecule has 0 bridgehead atoms. The molecule has 1 aromatic heterocycles. The van der Waals surface area contributed by atoms with Crippen molar-refractivity contribution in [2.75, 3.05) is 6.67 Å². The van der Waals surface area contributed by atoms with Crippen LogP contribution in [0.1, 0.15) is 5.56 Å². The van der Waals surface area contributed by atoms with Crippen molar-refractivity contribution in [1.29, 1.82) is 0 Å². The summed E-state index contributed by atoms with van der Waals surface area (Å²) in [5.41, 5.74) is 0.429. The average Bonchev–Trinajstić information content (AvgIpc) is 2.59. The maximum Gasteiger partial charge on any atom is 0.341 e. The molecule has 0 spiro atoms. The summed E-state index contributed by atoms with van der Waals surface area (Å²) in [7, 11) is 0. The minimum Gasteiger partial charge on any atom is -0.255 e. The number of alkyl halides is 1. The Hall–Kier alpha value is -1.69. The van der Waals surface area contributed by atoms with Crippen LogP contribution in [-0.2, 0) is 13.1 Å². The van der Waals surface area contributed by atoms with Crippen LogP contribution in [0.2, 0.25) is 0 Å². The van der Waals surface area contributed by atoms with Crippen LogP contribution in [0.15, 0.2) is 39.9 Å². The molecular weight excluding hydrogens is 243 g/mol. The number of halogens is 1. The molecule has 0 unspecified atom stereocenters. The summed E-state index contributed by atoms with van der Waals surface area (Å²) in [5, 5.41) is 0. The molecule has 0 radical (unpaired) electrons. The average molecular weight is 254 g/mol. The Kier molecular flexibility index (Phi) is 3.53. The monoisotopic (exact) mass is 254 g/mol. The Morgan fingerprint density at radius 3 is 2.53 bits per heavy atom. The van der Waals surface area contributed by atoms with Crippen molar-refractivity contribution in [3.8, 4) is 0 Å². The molecule has 0 atom stereocenters. The van der Waals surface area contributed by atoms with E-state index in [2.05, 4.69) is 0 Å². The number of hydrogen-bond acceptors (Lipinski definition) is 3. The summed E-state index contributed by atoms with van der Waals surface area (Å²) >= 11 is 0.756. The second kappa shape index (κ2) is 5.09. The zero-order valence-corrected chi connectivity index (χ0v) is 9.82. The van der Waals surface area contributed by atoms with Gasteiger partial charge in [-0.1, -0.05) is 30.3 Å². The number of rotatable bonds is 4. The summed E-state index contributed by atoms with van der Waals surface area (Å²) in [4.78, 5) is 23.0. The molecule has 1 heterocycles. The second-order valence-corrected chi connectivity index (χ2v) is 4.48. The Labute approximate surface area is 101 Å². The summed E-state index contributed by atoms with van der Waals surface area (Å²) in [5.74, 6) is 0. The van der Waals surface area contributed by atoms with Gasteiger partial charge in [0.15, 0.2) is 0 Å². The second-order valence-electron chi connectivity index (χ2n) is 3.50. The Morgan fingerprint density at radius 2 is 1.88 bits per heavy atom. The normalized spacial score (nSPS) is 10.6. The minimum absolute atomic E-state index is 0.0550. The lowest BCUT2D eigenvalue weighted by atomic mass is 10.2. The predicted molar refractivity (Wildman–Crippen MR) is 64.4 cm³/mol. The fourth-order valence-corrected chi connectivity index (χ4v) is 2.28. The molecule has 4 nitrogen and oxygen atoms in total. The van der Waals surface area contributed by atoms with Crippen molar-refractivity contribution in [1.82, 2.24) is 8.52 Å². The van der Waals surface area contributed by atoms with Gasteiger partial charge < -0.3 is 0 Å². The third-order valence-electron chi connectivity index (χ3n) is 2.32. The highest BCUT2D eigenvalue weighted by atomic mass is 32.1. The van der Waals surface area contributed by atoms with E-state index in [0.717, 1.165) is 25.6 Å². The molecule has 0 aliphatic heterocycles. The van der Waals surface area contributed by atoms with Gasteiger partial charge in [0, 0.05) is 11.5 Å². The lowest BCUT2D eigenvalue weighted by Crippen LogP contribution is -2.29. The number of aromatic nitrogens is 2. The van der Waals surface area contributed by atoms with Crippen molar-refractivity contribution in [2.24, 2.45) is 0 Å². The van der Waals surface area contributed by atoms with Gasteiger partial charge in [-0.2, -0.15) is 0 Å². The fourth-order valence-electron chi connectivity index (χ4n) is 1.51. The highest BCUT2D eigenvalue weighted by molar-refractivity contribution is 7.03. The molecule has 0 amide bonds. The molecular formula is C11H11FN2O2S. The lowest BCUT2D eigenvalue weighted by Gasteiger charge is -1.99. The van der Waals surface area contributed by atoms with Gasteiger partial charge in [0.05, 0.1) is 13.1 Å². The number of nitrogens with zero attached hydrogens (tertiary/aromatic N) is 2. The van der Waals surface area contributed by atoms with E-state index in [1.807, 2.05) is 30.3 Å². The van der Waals surface area contributed by atoms with Crippen molar-refractivity contribution < 1.29 is 4.39 Å². The van der Waals surface area contributed by atoms with Crippen LogP contribution in [-0.4, -0.2) is 15.2 Å². The first kappa shape index (κ1) is 11.8. The van der Waals surface area contributed by atoms with E-state index in [1.54, 1.807) is 0 Å². The third kappa shape index (κ3) is 2.52. The van der Waals surface area contributed by atoms with Crippen molar-refractivity contribution in [3.05, 3.63) is 56.0 Å². The maximum absolute atomic E-state index is 12.2. The van der Waals surface area contributed by atoms with E-state index < -0.39 is 12.4 Å². The molecule has 0 aliphatic rings. The van der Waals surface area contributed by atoms with Crippen LogP contribution < -0.4 is 10.6 Å². The van der Waals surface area contributed by atoms with Gasteiger partial charge in [-0.05, 0) is 5.56 Å². The molecule has 6 heteroatoms. The largest absolute Gasteiger partial charge is 0.341 e. The first-order valence-electron chi connectivity index (χ1n) is 5.13. The molecule has 0 aliphatic carbocycles. The van der Waals surface area contributed by atoms with Crippen molar-refractivity contribution in [3.63, 3.8) is 0 Å². The quantitative estimate of drug-likeness (QED) is 0.819. The summed E-state index contributed by atoms with van der Waals surface area (Å²) in [6.45, 7) is -0.472. The van der Waals surface area contributed by atoms with Crippen LogP contribution in [0.25, 0.3) is 0 Å². The predicted octanol–water partition coefficient (Wildman–Crippen LogP) is 1.09. The van der Waals surface area contributed by atoms with E-state index in [1.165, 1.54) is 0 Å².